The molecule has 2 aromatic carbocycles. The van der Waals surface area contributed by atoms with E-state index < -0.39 is 23.3 Å². The average molecular weight is 458 g/mol. The number of nitrogens with zero attached hydrogens (tertiary/aromatic N) is 2. The molecule has 2 atom stereocenters. The van der Waals surface area contributed by atoms with Gasteiger partial charge in [0.15, 0.2) is 0 Å². The lowest BCUT2D eigenvalue weighted by Crippen LogP contribution is -2.51. The highest BCUT2D eigenvalue weighted by molar-refractivity contribution is 5.85. The predicted octanol–water partition coefficient (Wildman–Crippen LogP) is 5.22. The number of H-pyrrole nitrogens is 1. The van der Waals surface area contributed by atoms with Crippen LogP contribution in [0, 0.1) is 11.6 Å². The van der Waals surface area contributed by atoms with E-state index in [-0.39, 0.29) is 30.0 Å². The number of likely N-dealkylation sites (tertiary alicyclic amines) is 1. The van der Waals surface area contributed by atoms with Gasteiger partial charge in [-0.3, -0.25) is 9.80 Å². The summed E-state index contributed by atoms with van der Waals surface area (Å²) in [6, 6.07) is 9.51. The number of alkyl halides is 1. The summed E-state index contributed by atoms with van der Waals surface area (Å²) >= 11 is 0. The number of aromatic amines is 1. The fourth-order valence-corrected chi connectivity index (χ4v) is 5.30. The lowest BCUT2D eigenvalue weighted by molar-refractivity contribution is 0.0381. The third kappa shape index (κ3) is 4.13. The second-order valence-corrected chi connectivity index (χ2v) is 10.2. The molecule has 3 heterocycles. The third-order valence-electron chi connectivity index (χ3n) is 6.74. The van der Waals surface area contributed by atoms with Crippen LogP contribution >= 0.6 is 0 Å². The SMILES string of the molecule is C[C@@H]1Cc2c([nH]c3ccccc23)[C@@H](c2c(F)cc(OC3CN(C)C3)cc2F)N1CC(C)(C)F. The number of likely N-dealkylation sites (N-methyl/N-ethyl adjacent to an activating group) is 1. The van der Waals surface area contributed by atoms with Crippen molar-refractivity contribution in [3.8, 4) is 5.75 Å². The van der Waals surface area contributed by atoms with Crippen LogP contribution in [0.1, 0.15) is 43.6 Å². The van der Waals surface area contributed by atoms with Crippen molar-refractivity contribution in [2.24, 2.45) is 0 Å². The second-order valence-electron chi connectivity index (χ2n) is 10.2. The van der Waals surface area contributed by atoms with E-state index in [9.17, 15) is 4.39 Å². The van der Waals surface area contributed by atoms with Gasteiger partial charge in [-0.25, -0.2) is 13.2 Å². The second kappa shape index (κ2) is 8.06. The van der Waals surface area contributed by atoms with Crippen molar-refractivity contribution < 1.29 is 17.9 Å². The number of para-hydroxylation sites is 1. The molecule has 0 unspecified atom stereocenters. The maximum Gasteiger partial charge on any atom is 0.135 e. The molecule has 0 aliphatic carbocycles. The van der Waals surface area contributed by atoms with Gasteiger partial charge in [-0.05, 0) is 45.9 Å². The monoisotopic (exact) mass is 457 g/mol. The number of nitrogens with one attached hydrogen (secondary N) is 1. The molecule has 0 saturated carbocycles. The Morgan fingerprint density at radius 2 is 1.79 bits per heavy atom. The summed E-state index contributed by atoms with van der Waals surface area (Å²) in [5.41, 5.74) is 1.08. The number of benzene rings is 2. The Labute approximate surface area is 192 Å². The molecule has 1 aromatic heterocycles. The number of aromatic nitrogens is 1. The largest absolute Gasteiger partial charge is 0.488 e. The van der Waals surface area contributed by atoms with Gasteiger partial charge in [0.05, 0.1) is 6.04 Å². The first kappa shape index (κ1) is 22.3. The highest BCUT2D eigenvalue weighted by Crippen LogP contribution is 2.43. The number of ether oxygens (including phenoxy) is 1. The molecule has 1 fully saturated rings. The normalized spacial score (nSPS) is 22.4. The topological polar surface area (TPSA) is 31.5 Å². The van der Waals surface area contributed by atoms with E-state index in [4.69, 9.17) is 4.74 Å². The zero-order valence-electron chi connectivity index (χ0n) is 19.5. The van der Waals surface area contributed by atoms with Crippen molar-refractivity contribution in [1.29, 1.82) is 0 Å². The molecule has 4 nitrogen and oxygen atoms in total. The van der Waals surface area contributed by atoms with Crippen LogP contribution in [0.3, 0.4) is 0 Å². The van der Waals surface area contributed by atoms with E-state index in [1.165, 1.54) is 26.0 Å². The molecule has 0 amide bonds. The van der Waals surface area contributed by atoms with E-state index in [1.807, 2.05) is 43.1 Å². The quantitative estimate of drug-likeness (QED) is 0.570. The van der Waals surface area contributed by atoms with Crippen LogP contribution < -0.4 is 4.74 Å². The fraction of sp³-hybridized carbons (Fsp3) is 0.462. The standard InChI is InChI=1S/C26H30F3N3O/c1-15-9-19-18-7-5-6-8-22(18)30-24(19)25(32(15)14-26(2,3)29)23-20(27)10-16(11-21(23)28)33-17-12-31(4)13-17/h5-8,10-11,15,17,25,30H,9,12-14H2,1-4H3/t15-,25-/m1/s1. The molecule has 1 N–H and O–H groups in total. The zero-order valence-corrected chi connectivity index (χ0v) is 19.5. The summed E-state index contributed by atoms with van der Waals surface area (Å²) in [5, 5.41) is 1.04. The molecule has 5 rings (SSSR count). The van der Waals surface area contributed by atoms with Gasteiger partial charge in [-0.15, -0.1) is 0 Å². The van der Waals surface area contributed by atoms with Gasteiger partial charge in [-0.2, -0.15) is 0 Å². The van der Waals surface area contributed by atoms with Crippen molar-refractivity contribution in [3.05, 3.63) is 64.9 Å². The number of hydrogen-bond donors (Lipinski definition) is 1. The summed E-state index contributed by atoms with van der Waals surface area (Å²) in [5.74, 6) is -1.17. The van der Waals surface area contributed by atoms with Gasteiger partial charge in [0, 0.05) is 60.0 Å². The molecule has 1 saturated heterocycles. The van der Waals surface area contributed by atoms with Crippen molar-refractivity contribution in [2.45, 2.75) is 51.0 Å². The van der Waals surface area contributed by atoms with Gasteiger partial charge in [-0.1, -0.05) is 18.2 Å². The van der Waals surface area contributed by atoms with Crippen molar-refractivity contribution >= 4 is 10.9 Å². The van der Waals surface area contributed by atoms with Crippen LogP contribution in [0.15, 0.2) is 36.4 Å². The van der Waals surface area contributed by atoms with Crippen LogP contribution in [0.2, 0.25) is 0 Å². The molecule has 0 bridgehead atoms. The molecular weight excluding hydrogens is 427 g/mol. The van der Waals surface area contributed by atoms with Crippen molar-refractivity contribution in [1.82, 2.24) is 14.8 Å². The van der Waals surface area contributed by atoms with E-state index >= 15 is 8.78 Å². The minimum absolute atomic E-state index is 0.0547. The van der Waals surface area contributed by atoms with Gasteiger partial charge < -0.3 is 9.72 Å². The summed E-state index contributed by atoms with van der Waals surface area (Å²) in [7, 11) is 1.97. The molecule has 3 aromatic rings. The van der Waals surface area contributed by atoms with Crippen LogP contribution in [0.4, 0.5) is 13.2 Å². The van der Waals surface area contributed by atoms with E-state index in [1.54, 1.807) is 0 Å². The third-order valence-corrected chi connectivity index (χ3v) is 6.74. The van der Waals surface area contributed by atoms with Gasteiger partial charge in [0.1, 0.15) is 29.2 Å². The van der Waals surface area contributed by atoms with E-state index in [2.05, 4.69) is 9.88 Å². The molecule has 176 valence electrons. The van der Waals surface area contributed by atoms with Crippen LogP contribution in [-0.4, -0.2) is 59.3 Å². The van der Waals surface area contributed by atoms with Gasteiger partial charge in [0.2, 0.25) is 0 Å². The zero-order chi connectivity index (χ0) is 23.5. The minimum atomic E-state index is -1.53. The molecule has 33 heavy (non-hydrogen) atoms. The smallest absolute Gasteiger partial charge is 0.135 e. The summed E-state index contributed by atoms with van der Waals surface area (Å²) < 4.78 is 51.7. The Morgan fingerprint density at radius 1 is 1.12 bits per heavy atom. The minimum Gasteiger partial charge on any atom is -0.488 e. The first-order valence-electron chi connectivity index (χ1n) is 11.5. The van der Waals surface area contributed by atoms with E-state index in [0.717, 1.165) is 35.2 Å². The maximum absolute atomic E-state index is 15.6. The van der Waals surface area contributed by atoms with Crippen LogP contribution in [0.5, 0.6) is 5.75 Å². The Morgan fingerprint density at radius 3 is 2.42 bits per heavy atom. The van der Waals surface area contributed by atoms with Gasteiger partial charge in [0.25, 0.3) is 0 Å². The lowest BCUT2D eigenvalue weighted by atomic mass is 9.87. The molecule has 2 aliphatic heterocycles. The number of hydrogen-bond acceptors (Lipinski definition) is 3. The molecule has 7 heteroatoms. The maximum atomic E-state index is 15.6. The Balaban J connectivity index is 1.61. The first-order valence-corrected chi connectivity index (χ1v) is 11.5. The summed E-state index contributed by atoms with van der Waals surface area (Å²) in [4.78, 5) is 7.34. The summed E-state index contributed by atoms with van der Waals surface area (Å²) in [6.07, 6.45) is 0.601. The van der Waals surface area contributed by atoms with Crippen molar-refractivity contribution in [3.63, 3.8) is 0 Å². The Bertz CT molecular complexity index is 1160. The van der Waals surface area contributed by atoms with Gasteiger partial charge >= 0.3 is 0 Å². The highest BCUT2D eigenvalue weighted by atomic mass is 19.1. The molecule has 0 spiro atoms. The molecular formula is C26H30F3N3O. The number of halogens is 3. The first-order chi connectivity index (χ1) is 15.6. The lowest BCUT2D eigenvalue weighted by Gasteiger charge is -2.43. The Hall–Kier alpha value is -2.51. The Kier molecular flexibility index (Phi) is 5.45. The van der Waals surface area contributed by atoms with Crippen LogP contribution in [0.25, 0.3) is 10.9 Å². The number of fused-ring (bicyclic) bond motifs is 3. The number of rotatable bonds is 5. The summed E-state index contributed by atoms with van der Waals surface area (Å²) in [6.45, 7) is 6.49. The molecule has 0 radical (unpaired) electrons. The predicted molar refractivity (Wildman–Crippen MR) is 123 cm³/mol. The van der Waals surface area contributed by atoms with E-state index in [0.29, 0.717) is 6.42 Å². The average Bonchev–Trinajstić information content (AvgIpc) is 3.06. The highest BCUT2D eigenvalue weighted by Gasteiger charge is 2.41. The van der Waals surface area contributed by atoms with Crippen LogP contribution in [-0.2, 0) is 6.42 Å². The molecule has 2 aliphatic rings. The fourth-order valence-electron chi connectivity index (χ4n) is 5.30. The van der Waals surface area contributed by atoms with Crippen molar-refractivity contribution in [2.75, 3.05) is 26.7 Å².